The van der Waals surface area contributed by atoms with Gasteiger partial charge in [-0.05, 0) is 65.0 Å². The van der Waals surface area contributed by atoms with Crippen molar-refractivity contribution in [3.05, 3.63) is 124 Å². The maximum Gasteiger partial charge on any atom is 0.410 e. The number of nitrogens with zero attached hydrogens (tertiary/aromatic N) is 16. The van der Waals surface area contributed by atoms with Crippen LogP contribution in [0.5, 0.6) is 0 Å². The van der Waals surface area contributed by atoms with Crippen molar-refractivity contribution in [3.8, 4) is 0 Å². The summed E-state index contributed by atoms with van der Waals surface area (Å²) >= 11 is 0. The molecular weight excluding hydrogens is 1100 g/mol. The van der Waals surface area contributed by atoms with Gasteiger partial charge in [0.15, 0.2) is 37.2 Å². The van der Waals surface area contributed by atoms with Crippen LogP contribution in [0.4, 0.5) is 4.79 Å². The number of azide groups is 5. The molecule has 3 heterocycles. The monoisotopic (exact) mass is 1160 g/mol. The molecule has 1 amide bonds. The Morgan fingerprint density at radius 1 is 0.542 bits per heavy atom. The lowest BCUT2D eigenvalue weighted by Crippen LogP contribution is -2.62. The van der Waals surface area contributed by atoms with Gasteiger partial charge in [0.2, 0.25) is 0 Å². The van der Waals surface area contributed by atoms with Gasteiger partial charge in [-0.15, -0.1) is 0 Å². The Bertz CT molecular complexity index is 2850. The summed E-state index contributed by atoms with van der Waals surface area (Å²) in [6.07, 6.45) is -22.2. The normalized spacial score (nSPS) is 30.2. The molecule has 2 aromatic carbocycles. The molecular formula is C49H60N16O18. The molecule has 3 saturated heterocycles. The number of amides is 1. The summed E-state index contributed by atoms with van der Waals surface area (Å²) in [7, 11) is 0. The lowest BCUT2D eigenvalue weighted by Gasteiger charge is -2.47. The van der Waals surface area contributed by atoms with Crippen molar-refractivity contribution in [2.75, 3.05) is 13.2 Å². The van der Waals surface area contributed by atoms with Crippen molar-refractivity contribution in [1.82, 2.24) is 4.90 Å². The molecule has 444 valence electrons. The lowest BCUT2D eigenvalue weighted by molar-refractivity contribution is -0.294. The minimum Gasteiger partial charge on any atom is -0.463 e. The second kappa shape index (κ2) is 31.0. The number of hydrogen-bond donors (Lipinski definition) is 0. The number of carbonyl (C=O) groups is 6. The van der Waals surface area contributed by atoms with E-state index in [9.17, 15) is 56.4 Å². The summed E-state index contributed by atoms with van der Waals surface area (Å²) in [6.45, 7) is 5.53. The predicted octanol–water partition coefficient (Wildman–Crippen LogP) is 7.04. The van der Waals surface area contributed by atoms with Crippen molar-refractivity contribution in [1.29, 1.82) is 0 Å². The molecule has 0 unspecified atom stereocenters. The third-order valence-electron chi connectivity index (χ3n) is 13.4. The van der Waals surface area contributed by atoms with Crippen LogP contribution >= 0.6 is 0 Å². The zero-order valence-corrected chi connectivity index (χ0v) is 45.6. The fraction of sp³-hybridized carbons (Fsp3) is 0.633. The van der Waals surface area contributed by atoms with Gasteiger partial charge < -0.3 is 56.8 Å². The molecule has 1 saturated carbocycles. The van der Waals surface area contributed by atoms with Crippen molar-refractivity contribution in [2.45, 2.75) is 184 Å². The highest BCUT2D eigenvalue weighted by molar-refractivity contribution is 5.69. The van der Waals surface area contributed by atoms with E-state index in [0.29, 0.717) is 0 Å². The molecule has 34 nitrogen and oxygen atoms in total. The summed E-state index contributed by atoms with van der Waals surface area (Å²) in [5, 5.41) is 19.0. The highest BCUT2D eigenvalue weighted by atomic mass is 16.8. The highest BCUT2D eigenvalue weighted by Gasteiger charge is 2.58. The minimum absolute atomic E-state index is 0.0585. The van der Waals surface area contributed by atoms with Crippen molar-refractivity contribution in [2.24, 2.45) is 25.6 Å². The molecule has 6 rings (SSSR count). The Morgan fingerprint density at radius 3 is 1.66 bits per heavy atom. The third kappa shape index (κ3) is 17.4. The van der Waals surface area contributed by atoms with Crippen LogP contribution in [-0.2, 0) is 94.0 Å². The Hall–Kier alpha value is -8.63. The van der Waals surface area contributed by atoms with Gasteiger partial charge >= 0.3 is 35.9 Å². The second-order valence-electron chi connectivity index (χ2n) is 19.2. The largest absolute Gasteiger partial charge is 0.463 e. The fourth-order valence-electron chi connectivity index (χ4n) is 9.97. The summed E-state index contributed by atoms with van der Waals surface area (Å²) in [5.74, 6) is -4.67. The summed E-state index contributed by atoms with van der Waals surface area (Å²) in [6, 6.07) is 11.6. The van der Waals surface area contributed by atoms with Gasteiger partial charge in [0.1, 0.15) is 49.8 Å². The SMILES string of the molecule is CC(=O)OC[C@H]1O[C@@H](O[C@@H]2[C@@H](OC(C)=O)[C@H](N=[N+]=[N-])C[C@H](N=[N+]=[N-])[C@H]2O[C@@H]2O[C@@H]([C@H](C)N(Cc3ccccc3)C(=O)OCc3ccccc3)CC[C@@H]2N=[N+]=[N-])[C@H](OC(C)=O)[C@@H]1O[C@H]1O[C@@H](CN=[N+]=[N-])[C@@H](OC(C)=O)[C@H](OC(C)=O)[C@H]1N=[N+]=[N-]. The van der Waals surface area contributed by atoms with E-state index < -0.39 is 159 Å². The number of hydrogen-bond acceptors (Lipinski definition) is 23. The lowest BCUT2D eigenvalue weighted by atomic mass is 9.83. The van der Waals surface area contributed by atoms with Gasteiger partial charge in [0.05, 0.1) is 42.9 Å². The van der Waals surface area contributed by atoms with Gasteiger partial charge in [-0.1, -0.05) is 86.2 Å². The summed E-state index contributed by atoms with van der Waals surface area (Å²) in [5.41, 5.74) is 50.3. The first kappa shape index (κ1) is 63.6. The van der Waals surface area contributed by atoms with Crippen LogP contribution in [0.3, 0.4) is 0 Å². The van der Waals surface area contributed by atoms with E-state index in [-0.39, 0.29) is 32.4 Å². The third-order valence-corrected chi connectivity index (χ3v) is 13.4. The van der Waals surface area contributed by atoms with Gasteiger partial charge in [-0.25, -0.2) is 4.79 Å². The average Bonchev–Trinajstić information content (AvgIpc) is 3.95. The molecule has 83 heavy (non-hydrogen) atoms. The number of esters is 5. The molecule has 0 spiro atoms. The Balaban J connectivity index is 1.42. The molecule has 0 radical (unpaired) electrons. The van der Waals surface area contributed by atoms with Gasteiger partial charge in [0, 0.05) is 65.7 Å². The van der Waals surface area contributed by atoms with Gasteiger partial charge in [-0.2, -0.15) is 0 Å². The average molecular weight is 1160 g/mol. The van der Waals surface area contributed by atoms with E-state index in [0.717, 1.165) is 45.7 Å². The van der Waals surface area contributed by atoms with Crippen LogP contribution in [0.15, 0.2) is 86.2 Å². The quantitative estimate of drug-likeness (QED) is 0.0334. The topological polar surface area (TPSA) is 460 Å². The standard InChI is InChI=1S/C49H60N16O18/c1-24(65(21-30-13-9-7-10-14-30)49(71)73-22-31-15-11-8-12-16-31)35-18-17-32(56-61-51)46(78-35)81-40-34(58-63-53)19-33(57-62-52)39(74-26(3)67)44(40)83-48-45(77-29(6)70)42(37(80-48)23-72-25(2)66)82-47-38(59-64-54)43(76-28(5)69)41(75-27(4)68)36(79-47)20-55-60-50/h7-16,24,32-48H,17-23H2,1-6H3/t24-,32-,33+,34-,35+,36-,37+,38+,39-,40+,41+,42+,43+,44+,45+,46-,47+,48-/m0/s1. The summed E-state index contributed by atoms with van der Waals surface area (Å²) < 4.78 is 72.6. The first-order valence-corrected chi connectivity index (χ1v) is 25.8. The highest BCUT2D eigenvalue weighted by Crippen LogP contribution is 2.41. The number of rotatable bonds is 24. The molecule has 0 aromatic heterocycles. The zero-order valence-electron chi connectivity index (χ0n) is 45.6. The molecule has 1 aliphatic carbocycles. The van der Waals surface area contributed by atoms with Crippen LogP contribution in [0.1, 0.15) is 71.9 Å². The molecule has 0 bridgehead atoms. The van der Waals surface area contributed by atoms with Crippen LogP contribution < -0.4 is 0 Å². The summed E-state index contributed by atoms with van der Waals surface area (Å²) in [4.78, 5) is 93.7. The fourth-order valence-corrected chi connectivity index (χ4v) is 9.97. The first-order valence-electron chi connectivity index (χ1n) is 25.8. The Morgan fingerprint density at radius 2 is 1.07 bits per heavy atom. The molecule has 4 aliphatic rings. The van der Waals surface area contributed by atoms with E-state index in [1.165, 1.54) is 4.90 Å². The van der Waals surface area contributed by atoms with Gasteiger partial charge in [0.25, 0.3) is 0 Å². The molecule has 18 atom stereocenters. The van der Waals surface area contributed by atoms with Crippen LogP contribution in [0, 0.1) is 0 Å². The molecule has 34 heteroatoms. The molecule has 0 N–H and O–H groups in total. The second-order valence-corrected chi connectivity index (χ2v) is 19.2. The smallest absolute Gasteiger partial charge is 0.410 e. The Labute approximate surface area is 472 Å². The van der Waals surface area contributed by atoms with E-state index in [1.807, 2.05) is 24.3 Å². The maximum absolute atomic E-state index is 14.1. The number of benzene rings is 2. The molecule has 3 aliphatic heterocycles. The van der Waals surface area contributed by atoms with Crippen LogP contribution in [0.25, 0.3) is 52.2 Å². The van der Waals surface area contributed by atoms with Crippen LogP contribution in [0.2, 0.25) is 0 Å². The minimum atomic E-state index is -1.95. The van der Waals surface area contributed by atoms with Crippen LogP contribution in [-0.4, -0.2) is 164 Å². The van der Waals surface area contributed by atoms with E-state index in [2.05, 4.69) is 50.1 Å². The number of carbonyl (C=O) groups excluding carboxylic acids is 6. The van der Waals surface area contributed by atoms with E-state index >= 15 is 0 Å². The Kier molecular flexibility index (Phi) is 23.7. The van der Waals surface area contributed by atoms with Crippen molar-refractivity contribution in [3.63, 3.8) is 0 Å². The van der Waals surface area contributed by atoms with Crippen molar-refractivity contribution >= 4 is 35.9 Å². The maximum atomic E-state index is 14.1. The molecule has 4 fully saturated rings. The first-order chi connectivity index (χ1) is 39.9. The molecule has 2 aromatic rings. The predicted molar refractivity (Wildman–Crippen MR) is 277 cm³/mol. The zero-order chi connectivity index (χ0) is 60.2. The van der Waals surface area contributed by atoms with Gasteiger partial charge in [-0.3, -0.25) is 28.9 Å². The van der Waals surface area contributed by atoms with Crippen molar-refractivity contribution < 1.29 is 85.6 Å². The van der Waals surface area contributed by atoms with E-state index in [1.54, 1.807) is 43.3 Å². The number of ether oxygens (including phenoxy) is 12. The van der Waals surface area contributed by atoms with E-state index in [4.69, 9.17) is 56.8 Å².